The third kappa shape index (κ3) is 15.4. The molecule has 0 unspecified atom stereocenters. The van der Waals surface area contributed by atoms with E-state index in [0.717, 1.165) is 0 Å². The zero-order chi connectivity index (χ0) is 34.1. The molecule has 0 spiro atoms. The first-order valence-electron chi connectivity index (χ1n) is 13.2. The first-order chi connectivity index (χ1) is 20.4. The number of aliphatic hydroxyl groups excluding tert-OH is 1. The molecule has 248 valence electrons. The number of aliphatic hydroxyl groups is 1. The number of hydrogen-bond donors (Lipinski definition) is 11. The van der Waals surface area contributed by atoms with Crippen molar-refractivity contribution in [2.75, 3.05) is 6.61 Å². The van der Waals surface area contributed by atoms with Crippen molar-refractivity contribution in [3.8, 4) is 0 Å². The number of carboxylic acid groups (broad SMARTS) is 4. The lowest BCUT2D eigenvalue weighted by atomic mass is 10.1. The van der Waals surface area contributed by atoms with Crippen molar-refractivity contribution in [2.45, 2.75) is 88.6 Å². The second-order valence-electron chi connectivity index (χ2n) is 9.57. The Morgan fingerprint density at radius 1 is 0.523 bits per heavy atom. The zero-order valence-corrected chi connectivity index (χ0v) is 23.9. The van der Waals surface area contributed by atoms with Gasteiger partial charge in [-0.2, -0.15) is 0 Å². The van der Waals surface area contributed by atoms with Crippen molar-refractivity contribution in [3.05, 3.63) is 0 Å². The van der Waals surface area contributed by atoms with E-state index in [0.29, 0.717) is 0 Å². The zero-order valence-electron chi connectivity index (χ0n) is 23.9. The van der Waals surface area contributed by atoms with E-state index in [4.69, 9.17) is 26.2 Å². The molecule has 20 heteroatoms. The predicted octanol–water partition coefficient (Wildman–Crippen LogP) is -4.55. The fourth-order valence-electron chi connectivity index (χ4n) is 3.31. The second kappa shape index (κ2) is 19.4. The summed E-state index contributed by atoms with van der Waals surface area (Å²) in [6, 6.07) is -8.91. The number of amides is 5. The Morgan fingerprint density at radius 2 is 0.841 bits per heavy atom. The number of carbonyl (C=O) groups is 9. The van der Waals surface area contributed by atoms with E-state index in [9.17, 15) is 48.3 Å². The average Bonchev–Trinajstić information content (AvgIpc) is 2.93. The highest BCUT2D eigenvalue weighted by atomic mass is 16.4. The van der Waals surface area contributed by atoms with Gasteiger partial charge in [0.1, 0.15) is 36.3 Å². The summed E-state index contributed by atoms with van der Waals surface area (Å²) in [4.78, 5) is 107. The number of rotatable bonds is 21. The van der Waals surface area contributed by atoms with Crippen LogP contribution in [-0.2, 0) is 43.2 Å². The standard InChI is InChI=1S/C24H38N6O14/c1-10(27-21(40)12(25)9-31)19(38)26-11(2)20(39)28-13(3-6-16(32)33)22(41)29-14(4-7-17(34)35)23(42)30-15(24(43)44)5-8-18(36)37/h10-15,31H,3-9,25H2,1-2H3,(H,26,38)(H,27,40)(H,28,39)(H,29,41)(H,30,42)(H,32,33)(H,34,35)(H,36,37)(H,43,44)/t10-,11-,12-,13-,14-,15-/m0/s1. The first kappa shape index (κ1) is 39.1. The van der Waals surface area contributed by atoms with Gasteiger partial charge in [-0.15, -0.1) is 0 Å². The van der Waals surface area contributed by atoms with E-state index in [2.05, 4.69) is 21.3 Å². The van der Waals surface area contributed by atoms with Crippen molar-refractivity contribution < 1.29 is 68.7 Å². The molecule has 0 aliphatic carbocycles. The van der Waals surface area contributed by atoms with E-state index in [1.54, 1.807) is 0 Å². The van der Waals surface area contributed by atoms with Gasteiger partial charge in [-0.25, -0.2) is 4.79 Å². The summed E-state index contributed by atoms with van der Waals surface area (Å²) in [6.07, 6.45) is -3.60. The average molecular weight is 635 g/mol. The fourth-order valence-corrected chi connectivity index (χ4v) is 3.31. The van der Waals surface area contributed by atoms with Gasteiger partial charge in [-0.05, 0) is 33.1 Å². The minimum absolute atomic E-state index is 0.525. The van der Waals surface area contributed by atoms with Gasteiger partial charge < -0.3 is 57.9 Å². The van der Waals surface area contributed by atoms with Gasteiger partial charge in [-0.1, -0.05) is 0 Å². The molecule has 20 nitrogen and oxygen atoms in total. The summed E-state index contributed by atoms with van der Waals surface area (Å²) >= 11 is 0. The molecule has 0 heterocycles. The van der Waals surface area contributed by atoms with Crippen molar-refractivity contribution in [3.63, 3.8) is 0 Å². The maximum absolute atomic E-state index is 13.0. The Hall–Kier alpha value is -4.85. The molecule has 0 fully saturated rings. The van der Waals surface area contributed by atoms with Crippen LogP contribution < -0.4 is 32.3 Å². The Morgan fingerprint density at radius 3 is 1.20 bits per heavy atom. The maximum atomic E-state index is 13.0. The Kier molecular flexibility index (Phi) is 17.2. The van der Waals surface area contributed by atoms with Crippen molar-refractivity contribution in [2.24, 2.45) is 5.73 Å². The summed E-state index contributed by atoms with van der Waals surface area (Å²) in [5.74, 6) is -10.8. The van der Waals surface area contributed by atoms with Crippen LogP contribution in [0.25, 0.3) is 0 Å². The lowest BCUT2D eigenvalue weighted by Gasteiger charge is -2.25. The van der Waals surface area contributed by atoms with Crippen molar-refractivity contribution in [1.82, 2.24) is 26.6 Å². The molecule has 0 bridgehead atoms. The lowest BCUT2D eigenvalue weighted by molar-refractivity contribution is -0.144. The molecule has 0 aliphatic rings. The van der Waals surface area contributed by atoms with E-state index in [-0.39, 0.29) is 0 Å². The quantitative estimate of drug-likeness (QED) is 0.0566. The van der Waals surface area contributed by atoms with Crippen LogP contribution in [0.1, 0.15) is 52.4 Å². The predicted molar refractivity (Wildman–Crippen MR) is 144 cm³/mol. The summed E-state index contributed by atoms with van der Waals surface area (Å²) < 4.78 is 0. The van der Waals surface area contributed by atoms with Crippen molar-refractivity contribution >= 4 is 53.4 Å². The van der Waals surface area contributed by atoms with E-state index >= 15 is 0 Å². The Bertz CT molecular complexity index is 1100. The summed E-state index contributed by atoms with van der Waals surface area (Å²) in [5.41, 5.74) is 5.36. The molecule has 0 saturated carbocycles. The van der Waals surface area contributed by atoms with Crippen LogP contribution in [0.3, 0.4) is 0 Å². The number of carboxylic acids is 4. The molecule has 0 aliphatic heterocycles. The number of nitrogens with two attached hydrogens (primary N) is 1. The molecule has 0 aromatic heterocycles. The fraction of sp³-hybridized carbons (Fsp3) is 0.625. The van der Waals surface area contributed by atoms with Gasteiger partial charge in [-0.3, -0.25) is 38.4 Å². The third-order valence-electron chi connectivity index (χ3n) is 5.86. The number of hydrogen-bond acceptors (Lipinski definition) is 11. The van der Waals surface area contributed by atoms with E-state index in [1.807, 2.05) is 5.32 Å². The molecular formula is C24H38N6O14. The van der Waals surface area contributed by atoms with Crippen LogP contribution >= 0.6 is 0 Å². The Balaban J connectivity index is 5.71. The molecule has 5 amide bonds. The first-order valence-corrected chi connectivity index (χ1v) is 13.2. The van der Waals surface area contributed by atoms with Crippen LogP contribution in [0.4, 0.5) is 0 Å². The lowest BCUT2D eigenvalue weighted by Crippen LogP contribution is -2.58. The summed E-state index contributed by atoms with van der Waals surface area (Å²) in [5, 5.41) is 55.9. The molecule has 0 saturated heterocycles. The number of nitrogens with one attached hydrogen (secondary N) is 5. The number of carbonyl (C=O) groups excluding carboxylic acids is 5. The topological polar surface area (TPSA) is 341 Å². The van der Waals surface area contributed by atoms with Gasteiger partial charge in [0.25, 0.3) is 0 Å². The second-order valence-corrected chi connectivity index (χ2v) is 9.57. The summed E-state index contributed by atoms with van der Waals surface area (Å²) in [6.45, 7) is 1.76. The van der Waals surface area contributed by atoms with Gasteiger partial charge in [0, 0.05) is 19.3 Å². The monoisotopic (exact) mass is 634 g/mol. The van der Waals surface area contributed by atoms with Crippen LogP contribution in [0.2, 0.25) is 0 Å². The van der Waals surface area contributed by atoms with Gasteiger partial charge in [0.05, 0.1) is 6.61 Å². The highest BCUT2D eigenvalue weighted by molar-refractivity contribution is 5.96. The van der Waals surface area contributed by atoms with Crippen molar-refractivity contribution in [1.29, 1.82) is 0 Å². The Labute approximate surface area is 250 Å². The molecular weight excluding hydrogens is 596 g/mol. The highest BCUT2D eigenvalue weighted by Gasteiger charge is 2.31. The largest absolute Gasteiger partial charge is 0.481 e. The minimum atomic E-state index is -1.71. The minimum Gasteiger partial charge on any atom is -0.481 e. The van der Waals surface area contributed by atoms with E-state index in [1.165, 1.54) is 13.8 Å². The molecule has 6 atom stereocenters. The maximum Gasteiger partial charge on any atom is 0.326 e. The normalized spacial score (nSPS) is 14.7. The molecule has 0 rings (SSSR count). The third-order valence-corrected chi connectivity index (χ3v) is 5.86. The smallest absolute Gasteiger partial charge is 0.326 e. The van der Waals surface area contributed by atoms with Gasteiger partial charge in [0.2, 0.25) is 29.5 Å². The number of aliphatic carboxylic acids is 4. The summed E-state index contributed by atoms with van der Waals surface area (Å²) in [7, 11) is 0. The molecule has 0 radical (unpaired) electrons. The van der Waals surface area contributed by atoms with Crippen LogP contribution in [0.5, 0.6) is 0 Å². The molecule has 44 heavy (non-hydrogen) atoms. The SMILES string of the molecule is C[C@H](NC(=O)[C@H](C)NC(=O)[C@@H](N)CO)C(=O)N[C@@H](CCC(=O)O)C(=O)N[C@@H](CCC(=O)O)C(=O)N[C@@H](CCC(=O)O)C(=O)O. The molecule has 0 aromatic rings. The molecule has 0 aromatic carbocycles. The van der Waals surface area contributed by atoms with E-state index < -0.39 is 135 Å². The van der Waals surface area contributed by atoms with Crippen LogP contribution in [0.15, 0.2) is 0 Å². The van der Waals surface area contributed by atoms with Gasteiger partial charge >= 0.3 is 23.9 Å². The van der Waals surface area contributed by atoms with Crippen LogP contribution in [-0.4, -0.2) is 122 Å². The molecule has 12 N–H and O–H groups in total. The van der Waals surface area contributed by atoms with Gasteiger partial charge in [0.15, 0.2) is 0 Å². The van der Waals surface area contributed by atoms with Crippen LogP contribution in [0, 0.1) is 0 Å². The highest BCUT2D eigenvalue weighted by Crippen LogP contribution is 2.06.